The van der Waals surface area contributed by atoms with Gasteiger partial charge in [0.2, 0.25) is 0 Å². The van der Waals surface area contributed by atoms with Crippen molar-refractivity contribution in [3.8, 4) is 5.75 Å². The molecular formula is C13H11ClFNO. The fraction of sp³-hybridized carbons (Fsp3) is 0.308. The van der Waals surface area contributed by atoms with Gasteiger partial charge >= 0.3 is 0 Å². The summed E-state index contributed by atoms with van der Waals surface area (Å²) in [5.41, 5.74) is 2.72. The van der Waals surface area contributed by atoms with Gasteiger partial charge in [0.05, 0.1) is 17.6 Å². The highest BCUT2D eigenvalue weighted by Crippen LogP contribution is 2.35. The van der Waals surface area contributed by atoms with Gasteiger partial charge in [-0.25, -0.2) is 4.39 Å². The van der Waals surface area contributed by atoms with Gasteiger partial charge in [0.25, 0.3) is 0 Å². The Hall–Kier alpha value is -1.35. The van der Waals surface area contributed by atoms with Crippen LogP contribution in [-0.4, -0.2) is 12.1 Å². The highest BCUT2D eigenvalue weighted by Gasteiger charge is 2.19. The molecule has 3 rings (SSSR count). The molecule has 0 spiro atoms. The van der Waals surface area contributed by atoms with Crippen molar-refractivity contribution >= 4 is 22.5 Å². The smallest absolute Gasteiger partial charge is 0.167 e. The predicted molar refractivity (Wildman–Crippen MR) is 65.3 cm³/mol. The number of benzene rings is 1. The number of rotatable bonds is 1. The van der Waals surface area contributed by atoms with Crippen LogP contribution in [0.4, 0.5) is 4.39 Å². The van der Waals surface area contributed by atoms with Gasteiger partial charge in [0.1, 0.15) is 0 Å². The third-order valence-electron chi connectivity index (χ3n) is 3.22. The summed E-state index contributed by atoms with van der Waals surface area (Å²) in [5, 5.41) is 1.46. The van der Waals surface area contributed by atoms with E-state index in [-0.39, 0.29) is 5.75 Å². The zero-order valence-electron chi connectivity index (χ0n) is 9.39. The fourth-order valence-corrected chi connectivity index (χ4v) is 2.72. The first-order chi connectivity index (χ1) is 8.20. The van der Waals surface area contributed by atoms with E-state index in [1.807, 2.05) is 0 Å². The quantitative estimate of drug-likeness (QED) is 0.774. The summed E-state index contributed by atoms with van der Waals surface area (Å²) in [6.07, 6.45) is 2.95. The molecule has 17 heavy (non-hydrogen) atoms. The van der Waals surface area contributed by atoms with E-state index in [1.165, 1.54) is 13.2 Å². The van der Waals surface area contributed by atoms with Gasteiger partial charge in [0, 0.05) is 17.1 Å². The Morgan fingerprint density at radius 3 is 2.94 bits per heavy atom. The zero-order chi connectivity index (χ0) is 12.0. The molecule has 1 heterocycles. The average Bonchev–Trinajstić information content (AvgIpc) is 2.77. The second kappa shape index (κ2) is 3.84. The molecule has 1 aromatic carbocycles. The summed E-state index contributed by atoms with van der Waals surface area (Å²) in [5.74, 6) is -0.194. The first-order valence-corrected chi connectivity index (χ1v) is 5.93. The highest BCUT2D eigenvalue weighted by atomic mass is 35.5. The number of fused-ring (bicyclic) bond motifs is 2. The van der Waals surface area contributed by atoms with Crippen LogP contribution in [0.15, 0.2) is 12.1 Å². The number of methoxy groups -OCH3 is 1. The Morgan fingerprint density at radius 2 is 2.18 bits per heavy atom. The molecular weight excluding hydrogens is 241 g/mol. The molecule has 0 radical (unpaired) electrons. The number of hydrogen-bond donors (Lipinski definition) is 0. The third kappa shape index (κ3) is 1.57. The van der Waals surface area contributed by atoms with Gasteiger partial charge in [-0.05, 0) is 30.9 Å². The lowest BCUT2D eigenvalue weighted by Crippen LogP contribution is -1.95. The molecule has 0 atom stereocenters. The first-order valence-electron chi connectivity index (χ1n) is 5.55. The molecule has 0 amide bonds. The van der Waals surface area contributed by atoms with Crippen LogP contribution in [0.25, 0.3) is 10.9 Å². The molecule has 1 aromatic heterocycles. The van der Waals surface area contributed by atoms with Crippen molar-refractivity contribution in [3.63, 3.8) is 0 Å². The molecule has 2 aromatic rings. The molecule has 0 N–H and O–H groups in total. The van der Waals surface area contributed by atoms with Crippen molar-refractivity contribution in [2.24, 2.45) is 0 Å². The second-order valence-corrected chi connectivity index (χ2v) is 4.59. The minimum atomic E-state index is -0.401. The van der Waals surface area contributed by atoms with Crippen molar-refractivity contribution in [3.05, 3.63) is 34.2 Å². The fourth-order valence-electron chi connectivity index (χ4n) is 2.36. The van der Waals surface area contributed by atoms with E-state index in [0.29, 0.717) is 10.5 Å². The number of aryl methyl sites for hydroxylation is 1. The van der Waals surface area contributed by atoms with Crippen molar-refractivity contribution in [2.75, 3.05) is 7.11 Å². The second-order valence-electron chi connectivity index (χ2n) is 4.21. The summed E-state index contributed by atoms with van der Waals surface area (Å²) in [4.78, 5) is 4.47. The summed E-state index contributed by atoms with van der Waals surface area (Å²) in [7, 11) is 1.44. The van der Waals surface area contributed by atoms with E-state index in [1.54, 1.807) is 6.07 Å². The van der Waals surface area contributed by atoms with E-state index >= 15 is 0 Å². The maximum Gasteiger partial charge on any atom is 0.167 e. The van der Waals surface area contributed by atoms with Gasteiger partial charge in [0.15, 0.2) is 11.6 Å². The lowest BCUT2D eigenvalue weighted by atomic mass is 10.1. The van der Waals surface area contributed by atoms with Gasteiger partial charge in [-0.15, -0.1) is 0 Å². The molecule has 1 aliphatic carbocycles. The Kier molecular flexibility index (Phi) is 2.44. The molecule has 0 unspecified atom stereocenters. The Bertz CT molecular complexity index is 612. The first kappa shape index (κ1) is 10.8. The van der Waals surface area contributed by atoms with Crippen LogP contribution in [0.1, 0.15) is 17.7 Å². The predicted octanol–water partition coefficient (Wildman–Crippen LogP) is 3.52. The Labute approximate surface area is 103 Å². The SMILES string of the molecule is COc1cc2c(Cl)c3c(nc2cc1F)CCC3. The van der Waals surface area contributed by atoms with Crippen molar-refractivity contribution in [1.82, 2.24) is 4.98 Å². The van der Waals surface area contributed by atoms with E-state index in [0.717, 1.165) is 35.9 Å². The third-order valence-corrected chi connectivity index (χ3v) is 3.65. The molecule has 0 aliphatic heterocycles. The van der Waals surface area contributed by atoms with Crippen molar-refractivity contribution in [2.45, 2.75) is 19.3 Å². The highest BCUT2D eigenvalue weighted by molar-refractivity contribution is 6.36. The van der Waals surface area contributed by atoms with Gasteiger partial charge in [-0.2, -0.15) is 0 Å². The number of halogens is 2. The van der Waals surface area contributed by atoms with Crippen LogP contribution >= 0.6 is 11.6 Å². The lowest BCUT2D eigenvalue weighted by molar-refractivity contribution is 0.387. The normalized spacial score (nSPS) is 14.1. The number of ether oxygens (including phenoxy) is 1. The minimum Gasteiger partial charge on any atom is -0.494 e. The standard InChI is InChI=1S/C13H11ClFNO/c1-17-12-5-8-11(6-9(12)15)16-10-4-2-3-7(10)13(8)14/h5-6H,2-4H2,1H3. The number of nitrogens with zero attached hydrogens (tertiary/aromatic N) is 1. The monoisotopic (exact) mass is 251 g/mol. The maximum atomic E-state index is 13.6. The largest absolute Gasteiger partial charge is 0.494 e. The molecule has 2 nitrogen and oxygen atoms in total. The maximum absolute atomic E-state index is 13.6. The Morgan fingerprint density at radius 1 is 1.35 bits per heavy atom. The van der Waals surface area contributed by atoms with Gasteiger partial charge < -0.3 is 4.74 Å². The summed E-state index contributed by atoms with van der Waals surface area (Å²) >= 11 is 6.35. The van der Waals surface area contributed by atoms with Crippen molar-refractivity contribution < 1.29 is 9.13 Å². The van der Waals surface area contributed by atoms with E-state index < -0.39 is 5.82 Å². The van der Waals surface area contributed by atoms with Gasteiger partial charge in [-0.1, -0.05) is 11.6 Å². The summed E-state index contributed by atoms with van der Waals surface area (Å²) in [6, 6.07) is 3.01. The molecule has 0 saturated carbocycles. The van der Waals surface area contributed by atoms with Crippen LogP contribution in [0.3, 0.4) is 0 Å². The van der Waals surface area contributed by atoms with Crippen LogP contribution in [0.2, 0.25) is 5.02 Å². The zero-order valence-corrected chi connectivity index (χ0v) is 10.1. The summed E-state index contributed by atoms with van der Waals surface area (Å²) in [6.45, 7) is 0. The lowest BCUT2D eigenvalue weighted by Gasteiger charge is -2.09. The molecule has 0 bridgehead atoms. The van der Waals surface area contributed by atoms with Gasteiger partial charge in [-0.3, -0.25) is 4.98 Å². The molecule has 0 fully saturated rings. The van der Waals surface area contributed by atoms with E-state index in [4.69, 9.17) is 16.3 Å². The molecule has 88 valence electrons. The number of hydrogen-bond acceptors (Lipinski definition) is 2. The summed E-state index contributed by atoms with van der Waals surface area (Å²) < 4.78 is 18.6. The van der Waals surface area contributed by atoms with Crippen LogP contribution in [-0.2, 0) is 12.8 Å². The Balaban J connectivity index is 2.36. The topological polar surface area (TPSA) is 22.1 Å². The van der Waals surface area contributed by atoms with Crippen LogP contribution < -0.4 is 4.74 Å². The molecule has 4 heteroatoms. The van der Waals surface area contributed by atoms with Crippen molar-refractivity contribution in [1.29, 1.82) is 0 Å². The van der Waals surface area contributed by atoms with E-state index in [9.17, 15) is 4.39 Å². The number of pyridine rings is 1. The van der Waals surface area contributed by atoms with E-state index in [2.05, 4.69) is 4.98 Å². The molecule has 0 saturated heterocycles. The minimum absolute atomic E-state index is 0.208. The molecule has 1 aliphatic rings. The van der Waals surface area contributed by atoms with Crippen LogP contribution in [0, 0.1) is 5.82 Å². The van der Waals surface area contributed by atoms with Crippen LogP contribution in [0.5, 0.6) is 5.75 Å². The average molecular weight is 252 g/mol. The number of aromatic nitrogens is 1.